The Morgan fingerprint density at radius 2 is 1.37 bits per heavy atom. The molecule has 0 spiro atoms. The lowest BCUT2D eigenvalue weighted by Gasteiger charge is -2.21. The van der Waals surface area contributed by atoms with Crippen molar-refractivity contribution in [2.24, 2.45) is 0 Å². The molecule has 30 heavy (non-hydrogen) atoms. The smallest absolute Gasteiger partial charge is 0.435 e. The summed E-state index contributed by atoms with van der Waals surface area (Å²) >= 11 is 0. The van der Waals surface area contributed by atoms with Crippen molar-refractivity contribution in [1.29, 1.82) is 0 Å². The largest absolute Gasteiger partial charge is 0.513 e. The zero-order chi connectivity index (χ0) is 22.5. The molecular formula is C20H29NO9. The fourth-order valence-electron chi connectivity index (χ4n) is 2.20. The van der Waals surface area contributed by atoms with Crippen molar-refractivity contribution in [3.63, 3.8) is 0 Å². The van der Waals surface area contributed by atoms with E-state index in [9.17, 15) is 14.4 Å². The van der Waals surface area contributed by atoms with Crippen molar-refractivity contribution in [2.75, 3.05) is 26.4 Å². The molecule has 0 aliphatic carbocycles. The number of ether oxygens (including phenoxy) is 6. The molecule has 10 nitrogen and oxygen atoms in total. The number of benzene rings is 1. The van der Waals surface area contributed by atoms with Gasteiger partial charge in [-0.2, -0.15) is 0 Å². The summed E-state index contributed by atoms with van der Waals surface area (Å²) in [5.41, 5.74) is 0.478. The number of nitrogens with one attached hydrogen (secondary N) is 1. The number of carbonyl (C=O) groups excluding carboxylic acids is 3. The molecule has 0 radical (unpaired) electrons. The molecule has 1 rings (SSSR count). The molecule has 1 aromatic carbocycles. The fourth-order valence-corrected chi connectivity index (χ4v) is 2.20. The normalized spacial score (nSPS) is 11.4. The van der Waals surface area contributed by atoms with Crippen LogP contribution in [0.15, 0.2) is 18.2 Å². The van der Waals surface area contributed by atoms with Gasteiger partial charge in [0.2, 0.25) is 0 Å². The van der Waals surface area contributed by atoms with Gasteiger partial charge < -0.3 is 33.7 Å². The Morgan fingerprint density at radius 1 is 0.833 bits per heavy atom. The monoisotopic (exact) mass is 427 g/mol. The first-order valence-electron chi connectivity index (χ1n) is 9.70. The summed E-state index contributed by atoms with van der Waals surface area (Å²) in [5, 5.41) is 3.17. The average Bonchev–Trinajstić information content (AvgIpc) is 2.67. The van der Waals surface area contributed by atoms with Gasteiger partial charge in [-0.1, -0.05) is 19.9 Å². The van der Waals surface area contributed by atoms with Crippen LogP contribution in [0.5, 0.6) is 11.5 Å². The predicted octanol–water partition coefficient (Wildman–Crippen LogP) is 3.97. The Hall–Kier alpha value is -3.01. The molecule has 0 aliphatic heterocycles. The molecule has 1 aromatic rings. The summed E-state index contributed by atoms with van der Waals surface area (Å²) in [5.74, 6) is -0.155. The van der Waals surface area contributed by atoms with Gasteiger partial charge in [0, 0.05) is 12.6 Å². The van der Waals surface area contributed by atoms with E-state index in [0.29, 0.717) is 5.56 Å². The lowest BCUT2D eigenvalue weighted by Crippen LogP contribution is -2.30. The summed E-state index contributed by atoms with van der Waals surface area (Å²) in [4.78, 5) is 35.3. The second kappa shape index (κ2) is 13.3. The molecule has 0 bridgehead atoms. The number of hydrogen-bond acceptors (Lipinski definition) is 10. The van der Waals surface area contributed by atoms with Gasteiger partial charge in [0.1, 0.15) is 6.10 Å². The van der Waals surface area contributed by atoms with E-state index in [1.807, 2.05) is 13.8 Å². The van der Waals surface area contributed by atoms with E-state index in [1.165, 1.54) is 12.1 Å². The third-order valence-electron chi connectivity index (χ3n) is 3.46. The van der Waals surface area contributed by atoms with Crippen LogP contribution in [0.1, 0.15) is 46.3 Å². The SMILES string of the molecule is CCOC(=O)Oc1ccc([C@@H](CNC(C)C)OC(=O)OCC)cc1OC(=O)OCC. The summed E-state index contributed by atoms with van der Waals surface area (Å²) in [7, 11) is 0. The van der Waals surface area contributed by atoms with E-state index in [1.54, 1.807) is 26.8 Å². The van der Waals surface area contributed by atoms with E-state index in [-0.39, 0.29) is 43.9 Å². The van der Waals surface area contributed by atoms with Crippen LogP contribution in [-0.4, -0.2) is 50.9 Å². The first kappa shape index (κ1) is 25.0. The van der Waals surface area contributed by atoms with Crippen LogP contribution in [0, 0.1) is 0 Å². The van der Waals surface area contributed by atoms with Crippen LogP contribution in [0.4, 0.5) is 14.4 Å². The third-order valence-corrected chi connectivity index (χ3v) is 3.46. The molecule has 0 aliphatic rings. The van der Waals surface area contributed by atoms with Gasteiger partial charge in [-0.15, -0.1) is 0 Å². The molecule has 0 unspecified atom stereocenters. The number of carbonyl (C=O) groups is 3. The molecule has 168 valence electrons. The minimum Gasteiger partial charge on any atom is -0.435 e. The van der Waals surface area contributed by atoms with Gasteiger partial charge in [-0.3, -0.25) is 0 Å². The third kappa shape index (κ3) is 8.99. The van der Waals surface area contributed by atoms with Crippen molar-refractivity contribution in [2.45, 2.75) is 46.8 Å². The Morgan fingerprint density at radius 3 is 1.90 bits per heavy atom. The number of rotatable bonds is 10. The summed E-state index contributed by atoms with van der Waals surface area (Å²) < 4.78 is 30.0. The van der Waals surface area contributed by atoms with Crippen LogP contribution in [0.2, 0.25) is 0 Å². The zero-order valence-electron chi connectivity index (χ0n) is 17.9. The molecule has 10 heteroatoms. The maximum absolute atomic E-state index is 11.8. The van der Waals surface area contributed by atoms with Crippen molar-refractivity contribution in [3.8, 4) is 11.5 Å². The van der Waals surface area contributed by atoms with Gasteiger partial charge >= 0.3 is 18.5 Å². The van der Waals surface area contributed by atoms with Crippen LogP contribution >= 0.6 is 0 Å². The van der Waals surface area contributed by atoms with Gasteiger partial charge in [0.05, 0.1) is 19.8 Å². The second-order valence-electron chi connectivity index (χ2n) is 6.13. The molecule has 0 aromatic heterocycles. The van der Waals surface area contributed by atoms with Gasteiger partial charge in [0.15, 0.2) is 11.5 Å². The maximum atomic E-state index is 11.8. The number of hydrogen-bond donors (Lipinski definition) is 1. The predicted molar refractivity (Wildman–Crippen MR) is 106 cm³/mol. The van der Waals surface area contributed by atoms with E-state index in [4.69, 9.17) is 28.4 Å². The minimum absolute atomic E-state index is 0.0584. The molecule has 0 saturated carbocycles. The fraction of sp³-hybridized carbons (Fsp3) is 0.550. The van der Waals surface area contributed by atoms with Crippen LogP contribution in [-0.2, 0) is 18.9 Å². The second-order valence-corrected chi connectivity index (χ2v) is 6.13. The highest BCUT2D eigenvalue weighted by molar-refractivity contribution is 5.69. The van der Waals surface area contributed by atoms with Gasteiger partial charge in [-0.05, 0) is 38.5 Å². The van der Waals surface area contributed by atoms with Crippen molar-refractivity contribution in [3.05, 3.63) is 23.8 Å². The average molecular weight is 427 g/mol. The van der Waals surface area contributed by atoms with E-state index in [2.05, 4.69) is 5.32 Å². The molecule has 1 atom stereocenters. The summed E-state index contributed by atoms with van der Waals surface area (Å²) in [6.07, 6.45) is -3.54. The molecular weight excluding hydrogens is 398 g/mol. The minimum atomic E-state index is -0.980. The lowest BCUT2D eigenvalue weighted by molar-refractivity contribution is 0.0249. The first-order chi connectivity index (χ1) is 14.3. The van der Waals surface area contributed by atoms with Crippen molar-refractivity contribution < 1.29 is 42.8 Å². The standard InChI is InChI=1S/C20H29NO9/c1-6-25-18(22)28-15-10-9-14(11-16(15)29-19(23)26-7-2)17(12-21-13(4)5)30-20(24)27-8-3/h9-11,13,17,21H,6-8,12H2,1-5H3/t17-/m1/s1. The topological polar surface area (TPSA) is 119 Å². The molecule has 0 saturated heterocycles. The van der Waals surface area contributed by atoms with E-state index in [0.717, 1.165) is 0 Å². The highest BCUT2D eigenvalue weighted by Gasteiger charge is 2.22. The molecule has 1 N–H and O–H groups in total. The van der Waals surface area contributed by atoms with Crippen LogP contribution in [0.3, 0.4) is 0 Å². The Balaban J connectivity index is 3.20. The van der Waals surface area contributed by atoms with Gasteiger partial charge in [0.25, 0.3) is 0 Å². The van der Waals surface area contributed by atoms with Crippen LogP contribution in [0.25, 0.3) is 0 Å². The van der Waals surface area contributed by atoms with Crippen LogP contribution < -0.4 is 14.8 Å². The molecule has 0 amide bonds. The van der Waals surface area contributed by atoms with E-state index >= 15 is 0 Å². The first-order valence-corrected chi connectivity index (χ1v) is 9.70. The maximum Gasteiger partial charge on any atom is 0.513 e. The van der Waals surface area contributed by atoms with Gasteiger partial charge in [-0.25, -0.2) is 14.4 Å². The van der Waals surface area contributed by atoms with Crippen molar-refractivity contribution >= 4 is 18.5 Å². The quantitative estimate of drug-likeness (QED) is 0.334. The van der Waals surface area contributed by atoms with Crippen molar-refractivity contribution in [1.82, 2.24) is 5.32 Å². The summed E-state index contributed by atoms with van der Waals surface area (Å²) in [6, 6.07) is 4.51. The summed E-state index contributed by atoms with van der Waals surface area (Å²) in [6.45, 7) is 9.42. The zero-order valence-corrected chi connectivity index (χ0v) is 17.9. The Kier molecular flexibility index (Phi) is 11.1. The molecule has 0 heterocycles. The highest BCUT2D eigenvalue weighted by Crippen LogP contribution is 2.32. The highest BCUT2D eigenvalue weighted by atomic mass is 16.7. The molecule has 0 fully saturated rings. The lowest BCUT2D eigenvalue weighted by atomic mass is 10.1. The van der Waals surface area contributed by atoms with E-state index < -0.39 is 24.6 Å². The Labute approximate surface area is 175 Å². The Bertz CT molecular complexity index is 706.